The molecule has 1 aromatic rings. The van der Waals surface area contributed by atoms with Crippen LogP contribution in [0.2, 0.25) is 0 Å². The van der Waals surface area contributed by atoms with E-state index in [9.17, 15) is 4.39 Å². The molecule has 1 saturated carbocycles. The number of hydrogen-bond acceptors (Lipinski definition) is 1. The summed E-state index contributed by atoms with van der Waals surface area (Å²) < 4.78 is 12.8. The zero-order chi connectivity index (χ0) is 11.5. The highest BCUT2D eigenvalue weighted by atomic mass is 19.1. The first-order valence-electron chi connectivity index (χ1n) is 6.14. The van der Waals surface area contributed by atoms with Gasteiger partial charge in [-0.2, -0.15) is 0 Å². The minimum Gasteiger partial charge on any atom is -0.313 e. The highest BCUT2D eigenvalue weighted by Crippen LogP contribution is 2.26. The summed E-state index contributed by atoms with van der Waals surface area (Å²) >= 11 is 0. The molecule has 1 aliphatic carbocycles. The lowest BCUT2D eigenvalue weighted by molar-refractivity contribution is 0.239. The monoisotopic (exact) mass is 221 g/mol. The van der Waals surface area contributed by atoms with E-state index < -0.39 is 0 Å². The van der Waals surface area contributed by atoms with Crippen LogP contribution in [0.5, 0.6) is 0 Å². The Hall–Kier alpha value is -0.890. The van der Waals surface area contributed by atoms with E-state index >= 15 is 0 Å². The third-order valence-electron chi connectivity index (χ3n) is 3.53. The van der Waals surface area contributed by atoms with Gasteiger partial charge in [0.25, 0.3) is 0 Å². The summed E-state index contributed by atoms with van der Waals surface area (Å²) in [5.41, 5.74) is 1.21. The molecule has 1 aromatic carbocycles. The van der Waals surface area contributed by atoms with Gasteiger partial charge < -0.3 is 5.32 Å². The number of hydrogen-bond donors (Lipinski definition) is 1. The van der Waals surface area contributed by atoms with Crippen molar-refractivity contribution in [3.05, 3.63) is 35.6 Å². The normalized spacial score (nSPS) is 26.2. The number of rotatable bonds is 4. The predicted octanol–water partition coefficient (Wildman–Crippen LogP) is 3.32. The van der Waals surface area contributed by atoms with Crippen LogP contribution in [0.4, 0.5) is 4.39 Å². The summed E-state index contributed by atoms with van der Waals surface area (Å²) in [6, 6.07) is 7.54. The van der Waals surface area contributed by atoms with Gasteiger partial charge in [0, 0.05) is 12.6 Å². The van der Waals surface area contributed by atoms with Gasteiger partial charge in [0.2, 0.25) is 0 Å². The maximum absolute atomic E-state index is 12.8. The van der Waals surface area contributed by atoms with Crippen LogP contribution >= 0.6 is 0 Å². The molecule has 0 aliphatic heterocycles. The zero-order valence-corrected chi connectivity index (χ0v) is 10.0. The molecule has 0 heterocycles. The fourth-order valence-electron chi connectivity index (χ4n) is 2.32. The van der Waals surface area contributed by atoms with E-state index in [1.807, 2.05) is 12.1 Å². The van der Waals surface area contributed by atoms with Crippen molar-refractivity contribution >= 4 is 0 Å². The molecule has 16 heavy (non-hydrogen) atoms. The Morgan fingerprint density at radius 3 is 2.50 bits per heavy atom. The van der Waals surface area contributed by atoms with Gasteiger partial charge in [0.1, 0.15) is 5.82 Å². The summed E-state index contributed by atoms with van der Waals surface area (Å²) in [4.78, 5) is 0. The number of halogens is 1. The van der Waals surface area contributed by atoms with Gasteiger partial charge in [0.15, 0.2) is 0 Å². The maximum atomic E-state index is 12.8. The molecule has 0 spiro atoms. The Labute approximate surface area is 97.1 Å². The Morgan fingerprint density at radius 2 is 1.94 bits per heavy atom. The molecule has 0 saturated heterocycles. The molecule has 2 heteroatoms. The van der Waals surface area contributed by atoms with Gasteiger partial charge in [-0.3, -0.25) is 0 Å². The second-order valence-corrected chi connectivity index (χ2v) is 5.13. The van der Waals surface area contributed by atoms with E-state index in [2.05, 4.69) is 19.2 Å². The van der Waals surface area contributed by atoms with Crippen LogP contribution in [0.1, 0.15) is 38.2 Å². The van der Waals surface area contributed by atoms with Gasteiger partial charge in [-0.1, -0.05) is 26.0 Å². The number of nitrogens with one attached hydrogen (secondary N) is 1. The molecule has 0 aromatic heterocycles. The maximum Gasteiger partial charge on any atom is 0.123 e. The summed E-state index contributed by atoms with van der Waals surface area (Å²) in [6.45, 7) is 5.47. The van der Waals surface area contributed by atoms with Crippen molar-refractivity contribution in [2.24, 2.45) is 5.92 Å². The van der Waals surface area contributed by atoms with E-state index in [4.69, 9.17) is 0 Å². The molecule has 2 rings (SSSR count). The molecule has 1 N–H and O–H groups in total. The van der Waals surface area contributed by atoms with E-state index in [0.717, 1.165) is 12.5 Å². The van der Waals surface area contributed by atoms with Crippen molar-refractivity contribution in [2.45, 2.75) is 38.6 Å². The molecule has 0 radical (unpaired) electrons. The third-order valence-corrected chi connectivity index (χ3v) is 3.53. The molecule has 1 unspecified atom stereocenters. The number of benzene rings is 1. The Balaban J connectivity index is 1.79. The predicted molar refractivity (Wildman–Crippen MR) is 65.0 cm³/mol. The lowest BCUT2D eigenvalue weighted by Gasteiger charge is -2.34. The average Bonchev–Trinajstić information content (AvgIpc) is 2.23. The van der Waals surface area contributed by atoms with Crippen LogP contribution in [-0.2, 0) is 0 Å². The van der Waals surface area contributed by atoms with Crippen molar-refractivity contribution in [3.63, 3.8) is 0 Å². The van der Waals surface area contributed by atoms with E-state index in [1.54, 1.807) is 0 Å². The molecule has 1 aliphatic rings. The van der Waals surface area contributed by atoms with E-state index in [0.29, 0.717) is 12.0 Å². The van der Waals surface area contributed by atoms with Gasteiger partial charge in [-0.25, -0.2) is 4.39 Å². The summed E-state index contributed by atoms with van der Waals surface area (Å²) in [5, 5.41) is 3.57. The van der Waals surface area contributed by atoms with Crippen LogP contribution in [0.3, 0.4) is 0 Å². The SMILES string of the molecule is CC1CC(NCC(C)c2ccc(F)cc2)C1. The van der Waals surface area contributed by atoms with Crippen LogP contribution in [0, 0.1) is 11.7 Å². The largest absolute Gasteiger partial charge is 0.313 e. The van der Waals surface area contributed by atoms with Crippen LogP contribution in [0.25, 0.3) is 0 Å². The molecule has 88 valence electrons. The first-order chi connectivity index (χ1) is 7.65. The smallest absolute Gasteiger partial charge is 0.123 e. The lowest BCUT2D eigenvalue weighted by atomic mass is 9.81. The summed E-state index contributed by atoms with van der Waals surface area (Å²) in [7, 11) is 0. The van der Waals surface area contributed by atoms with Crippen molar-refractivity contribution in [2.75, 3.05) is 6.54 Å². The second-order valence-electron chi connectivity index (χ2n) is 5.13. The van der Waals surface area contributed by atoms with Gasteiger partial charge in [-0.05, 0) is 42.4 Å². The van der Waals surface area contributed by atoms with Crippen LogP contribution in [-0.4, -0.2) is 12.6 Å². The van der Waals surface area contributed by atoms with Gasteiger partial charge in [0.05, 0.1) is 0 Å². The molecule has 1 nitrogen and oxygen atoms in total. The average molecular weight is 221 g/mol. The van der Waals surface area contributed by atoms with Crippen molar-refractivity contribution in [3.8, 4) is 0 Å². The Bertz CT molecular complexity index is 327. The molecule has 0 amide bonds. The molecule has 1 fully saturated rings. The Kier molecular flexibility index (Phi) is 3.59. The van der Waals surface area contributed by atoms with Gasteiger partial charge in [-0.15, -0.1) is 0 Å². The molecule has 1 atom stereocenters. The highest BCUT2D eigenvalue weighted by molar-refractivity contribution is 5.20. The zero-order valence-electron chi connectivity index (χ0n) is 10.0. The fraction of sp³-hybridized carbons (Fsp3) is 0.571. The second kappa shape index (κ2) is 4.96. The standard InChI is InChI=1S/C14H20FN/c1-10-7-14(8-10)16-9-11(2)12-3-5-13(15)6-4-12/h3-6,10-11,14,16H,7-9H2,1-2H3. The highest BCUT2D eigenvalue weighted by Gasteiger charge is 2.24. The van der Waals surface area contributed by atoms with E-state index in [-0.39, 0.29) is 5.82 Å². The van der Waals surface area contributed by atoms with E-state index in [1.165, 1.54) is 30.5 Å². The molecule has 0 bridgehead atoms. The topological polar surface area (TPSA) is 12.0 Å². The first kappa shape index (κ1) is 11.6. The molecular formula is C14H20FN. The minimum absolute atomic E-state index is 0.156. The third kappa shape index (κ3) is 2.82. The summed E-state index contributed by atoms with van der Waals surface area (Å²) in [6.07, 6.45) is 2.60. The van der Waals surface area contributed by atoms with Crippen molar-refractivity contribution in [1.82, 2.24) is 5.32 Å². The summed E-state index contributed by atoms with van der Waals surface area (Å²) in [5.74, 6) is 1.19. The quantitative estimate of drug-likeness (QED) is 0.822. The fourth-order valence-corrected chi connectivity index (χ4v) is 2.32. The van der Waals surface area contributed by atoms with Crippen molar-refractivity contribution < 1.29 is 4.39 Å². The van der Waals surface area contributed by atoms with Crippen LogP contribution < -0.4 is 5.32 Å². The minimum atomic E-state index is -0.156. The van der Waals surface area contributed by atoms with Crippen LogP contribution in [0.15, 0.2) is 24.3 Å². The first-order valence-corrected chi connectivity index (χ1v) is 6.14. The van der Waals surface area contributed by atoms with Gasteiger partial charge >= 0.3 is 0 Å². The Morgan fingerprint density at radius 1 is 1.31 bits per heavy atom. The lowest BCUT2D eigenvalue weighted by Crippen LogP contribution is -2.41. The molecular weight excluding hydrogens is 201 g/mol. The van der Waals surface area contributed by atoms with Crippen molar-refractivity contribution in [1.29, 1.82) is 0 Å².